The molecule has 50 heavy (non-hydrogen) atoms. The standard InChI is InChI=1S/C48H32N2/c1-3-14-34(15-4-1)38-21-13-25-47(48(38)35-16-5-2-6-17-35)50-45-24-12-9-20-41(45)42-32-36(28-31-46(42)50)33-26-29-37(30-27-33)49-43-22-10-7-18-39(43)40-19-8-11-23-44(40)49/h1-32H. The first kappa shape index (κ1) is 28.4. The van der Waals surface area contributed by atoms with E-state index in [-0.39, 0.29) is 0 Å². The van der Waals surface area contributed by atoms with Gasteiger partial charge in [0, 0.05) is 32.8 Å². The maximum absolute atomic E-state index is 2.45. The molecule has 0 unspecified atom stereocenters. The summed E-state index contributed by atoms with van der Waals surface area (Å²) >= 11 is 0. The van der Waals surface area contributed by atoms with Gasteiger partial charge in [-0.3, -0.25) is 0 Å². The third-order valence-corrected chi connectivity index (χ3v) is 10.1. The van der Waals surface area contributed by atoms with E-state index in [0.717, 1.165) is 5.69 Å². The Morgan fingerprint density at radius 2 is 0.780 bits per heavy atom. The second kappa shape index (κ2) is 11.5. The molecule has 0 spiro atoms. The van der Waals surface area contributed by atoms with Crippen LogP contribution in [0.25, 0.3) is 88.4 Å². The monoisotopic (exact) mass is 636 g/mol. The molecule has 0 saturated carbocycles. The van der Waals surface area contributed by atoms with E-state index in [1.54, 1.807) is 0 Å². The van der Waals surface area contributed by atoms with Gasteiger partial charge in [0.25, 0.3) is 0 Å². The molecule has 10 aromatic rings. The summed E-state index contributed by atoms with van der Waals surface area (Å²) in [6.07, 6.45) is 0. The van der Waals surface area contributed by atoms with Crippen molar-refractivity contribution in [2.45, 2.75) is 0 Å². The molecule has 2 aromatic heterocycles. The number of nitrogens with zero attached hydrogens (tertiary/aromatic N) is 2. The Labute approximate surface area is 290 Å². The van der Waals surface area contributed by atoms with Gasteiger partial charge in [0.2, 0.25) is 0 Å². The van der Waals surface area contributed by atoms with Crippen LogP contribution in [0.2, 0.25) is 0 Å². The highest BCUT2D eigenvalue weighted by Gasteiger charge is 2.19. The molecule has 0 aliphatic carbocycles. The lowest BCUT2D eigenvalue weighted by molar-refractivity contribution is 1.18. The minimum atomic E-state index is 1.16. The highest BCUT2D eigenvalue weighted by molar-refractivity contribution is 6.12. The van der Waals surface area contributed by atoms with Crippen LogP contribution in [0.5, 0.6) is 0 Å². The van der Waals surface area contributed by atoms with E-state index < -0.39 is 0 Å². The van der Waals surface area contributed by atoms with Crippen molar-refractivity contribution in [3.05, 3.63) is 194 Å². The van der Waals surface area contributed by atoms with E-state index in [9.17, 15) is 0 Å². The van der Waals surface area contributed by atoms with Gasteiger partial charge in [-0.1, -0.05) is 146 Å². The maximum atomic E-state index is 2.45. The van der Waals surface area contributed by atoms with E-state index >= 15 is 0 Å². The van der Waals surface area contributed by atoms with Crippen molar-refractivity contribution >= 4 is 43.6 Å². The molecule has 2 nitrogen and oxygen atoms in total. The lowest BCUT2D eigenvalue weighted by atomic mass is 9.93. The van der Waals surface area contributed by atoms with E-state index in [1.165, 1.54) is 82.7 Å². The first-order chi connectivity index (χ1) is 24.8. The molecule has 10 rings (SSSR count). The third kappa shape index (κ3) is 4.43. The minimum absolute atomic E-state index is 1.16. The normalized spacial score (nSPS) is 11.6. The van der Waals surface area contributed by atoms with Gasteiger partial charge < -0.3 is 9.13 Å². The molecule has 0 aliphatic heterocycles. The highest BCUT2D eigenvalue weighted by atomic mass is 15.0. The van der Waals surface area contributed by atoms with Crippen LogP contribution in [0.4, 0.5) is 0 Å². The molecule has 8 aromatic carbocycles. The Kier molecular flexibility index (Phi) is 6.53. The van der Waals surface area contributed by atoms with Crippen molar-refractivity contribution < 1.29 is 0 Å². The number of rotatable bonds is 5. The SMILES string of the molecule is c1ccc(-c2cccc(-n3c4ccccc4c4cc(-c5ccc(-n6c7ccccc7c7ccccc76)cc5)ccc43)c2-c2ccccc2)cc1. The lowest BCUT2D eigenvalue weighted by Crippen LogP contribution is -1.99. The van der Waals surface area contributed by atoms with E-state index in [0.29, 0.717) is 0 Å². The average Bonchev–Trinajstić information content (AvgIpc) is 3.71. The summed E-state index contributed by atoms with van der Waals surface area (Å²) in [5.41, 5.74) is 14.4. The van der Waals surface area contributed by atoms with Gasteiger partial charge in [0.1, 0.15) is 0 Å². The van der Waals surface area contributed by atoms with E-state index in [1.807, 2.05) is 0 Å². The van der Waals surface area contributed by atoms with Crippen LogP contribution in [-0.2, 0) is 0 Å². The third-order valence-electron chi connectivity index (χ3n) is 10.1. The van der Waals surface area contributed by atoms with Gasteiger partial charge in [0.15, 0.2) is 0 Å². The Bertz CT molecular complexity index is 2790. The van der Waals surface area contributed by atoms with E-state index in [4.69, 9.17) is 0 Å². The number of benzene rings is 8. The molecule has 0 aliphatic rings. The summed E-state index contributed by atoms with van der Waals surface area (Å²) in [6.45, 7) is 0. The smallest absolute Gasteiger partial charge is 0.0546 e. The zero-order valence-corrected chi connectivity index (χ0v) is 27.4. The molecule has 0 N–H and O–H groups in total. The van der Waals surface area contributed by atoms with Crippen molar-refractivity contribution in [1.82, 2.24) is 9.13 Å². The lowest BCUT2D eigenvalue weighted by Gasteiger charge is -2.18. The fraction of sp³-hybridized carbons (Fsp3) is 0. The molecule has 234 valence electrons. The van der Waals surface area contributed by atoms with Crippen LogP contribution < -0.4 is 0 Å². The fourth-order valence-electron chi connectivity index (χ4n) is 7.91. The molecule has 2 heteroatoms. The van der Waals surface area contributed by atoms with Crippen molar-refractivity contribution in [2.75, 3.05) is 0 Å². The zero-order chi connectivity index (χ0) is 33.0. The zero-order valence-electron chi connectivity index (χ0n) is 27.4. The van der Waals surface area contributed by atoms with Gasteiger partial charge in [-0.25, -0.2) is 0 Å². The Morgan fingerprint density at radius 3 is 1.42 bits per heavy atom. The Morgan fingerprint density at radius 1 is 0.280 bits per heavy atom. The minimum Gasteiger partial charge on any atom is -0.309 e. The van der Waals surface area contributed by atoms with Crippen LogP contribution >= 0.6 is 0 Å². The molecule has 0 saturated heterocycles. The summed E-state index contributed by atoms with van der Waals surface area (Å²) in [7, 11) is 0. The summed E-state index contributed by atoms with van der Waals surface area (Å²) in [5.74, 6) is 0. The van der Waals surface area contributed by atoms with Gasteiger partial charge in [0.05, 0.1) is 27.8 Å². The van der Waals surface area contributed by atoms with E-state index in [2.05, 4.69) is 203 Å². The van der Waals surface area contributed by atoms with Gasteiger partial charge in [-0.05, 0) is 76.3 Å². The number of fused-ring (bicyclic) bond motifs is 6. The highest BCUT2D eigenvalue weighted by Crippen LogP contribution is 2.42. The van der Waals surface area contributed by atoms with Gasteiger partial charge in [-0.2, -0.15) is 0 Å². The molecule has 0 fully saturated rings. The molecule has 0 atom stereocenters. The summed E-state index contributed by atoms with van der Waals surface area (Å²) < 4.78 is 4.83. The van der Waals surface area contributed by atoms with Gasteiger partial charge in [-0.15, -0.1) is 0 Å². The van der Waals surface area contributed by atoms with Crippen molar-refractivity contribution in [3.63, 3.8) is 0 Å². The number of hydrogen-bond acceptors (Lipinski definition) is 0. The number of para-hydroxylation sites is 3. The van der Waals surface area contributed by atoms with Crippen molar-refractivity contribution in [1.29, 1.82) is 0 Å². The second-order valence-electron chi connectivity index (χ2n) is 12.9. The fourth-order valence-corrected chi connectivity index (χ4v) is 7.91. The van der Waals surface area contributed by atoms with Crippen LogP contribution in [0.1, 0.15) is 0 Å². The summed E-state index contributed by atoms with van der Waals surface area (Å²) in [6, 6.07) is 70.4. The van der Waals surface area contributed by atoms with Crippen LogP contribution in [0.3, 0.4) is 0 Å². The van der Waals surface area contributed by atoms with Crippen LogP contribution in [0.15, 0.2) is 194 Å². The summed E-state index contributed by atoms with van der Waals surface area (Å²) in [5, 5.41) is 5.04. The van der Waals surface area contributed by atoms with Crippen LogP contribution in [0, 0.1) is 0 Å². The molecule has 0 amide bonds. The first-order valence-electron chi connectivity index (χ1n) is 17.2. The molecule has 0 radical (unpaired) electrons. The average molecular weight is 637 g/mol. The molecular weight excluding hydrogens is 605 g/mol. The number of hydrogen-bond donors (Lipinski definition) is 0. The predicted molar refractivity (Wildman–Crippen MR) is 211 cm³/mol. The molecular formula is C48H32N2. The van der Waals surface area contributed by atoms with Crippen molar-refractivity contribution in [3.8, 4) is 44.8 Å². The van der Waals surface area contributed by atoms with Crippen LogP contribution in [-0.4, -0.2) is 9.13 Å². The largest absolute Gasteiger partial charge is 0.309 e. The first-order valence-corrected chi connectivity index (χ1v) is 17.2. The molecule has 0 bridgehead atoms. The van der Waals surface area contributed by atoms with Gasteiger partial charge >= 0.3 is 0 Å². The van der Waals surface area contributed by atoms with Crippen molar-refractivity contribution in [2.24, 2.45) is 0 Å². The summed E-state index contributed by atoms with van der Waals surface area (Å²) in [4.78, 5) is 0. The maximum Gasteiger partial charge on any atom is 0.0546 e. The second-order valence-corrected chi connectivity index (χ2v) is 12.9. The Balaban J connectivity index is 1.14. The molecule has 2 heterocycles. The number of aromatic nitrogens is 2. The quantitative estimate of drug-likeness (QED) is 0.178. The Hall–Kier alpha value is -6.64. The predicted octanol–water partition coefficient (Wildman–Crippen LogP) is 12.9. The topological polar surface area (TPSA) is 9.86 Å².